The van der Waals surface area contributed by atoms with Crippen molar-refractivity contribution in [1.82, 2.24) is 25.1 Å². The Hall–Kier alpha value is -4.43. The van der Waals surface area contributed by atoms with Gasteiger partial charge in [0.05, 0.1) is 12.3 Å². The highest BCUT2D eigenvalue weighted by Crippen LogP contribution is 2.33. The zero-order valence-electron chi connectivity index (χ0n) is 23.7. The second-order valence-corrected chi connectivity index (χ2v) is 10.5. The molecule has 5 rings (SSSR count). The van der Waals surface area contributed by atoms with E-state index in [9.17, 15) is 4.79 Å². The Balaban J connectivity index is 1.35. The number of anilines is 1. The smallest absolute Gasteiger partial charge is 0.253 e. The zero-order valence-corrected chi connectivity index (χ0v) is 23.7. The van der Waals surface area contributed by atoms with Crippen LogP contribution in [0, 0.1) is 12.3 Å². The van der Waals surface area contributed by atoms with Crippen molar-refractivity contribution in [1.29, 1.82) is 5.41 Å². The summed E-state index contributed by atoms with van der Waals surface area (Å²) in [7, 11) is 5.67. The van der Waals surface area contributed by atoms with Crippen LogP contribution in [-0.4, -0.2) is 85.3 Å². The molecule has 0 radical (unpaired) electrons. The number of aromatic amines is 1. The minimum Gasteiger partial charge on any atom is -0.394 e. The molecule has 0 aliphatic carbocycles. The van der Waals surface area contributed by atoms with E-state index in [-0.39, 0.29) is 12.5 Å². The van der Waals surface area contributed by atoms with Gasteiger partial charge in [0.1, 0.15) is 5.65 Å². The number of aryl methyl sites for hydroxylation is 1. The first-order valence-corrected chi connectivity index (χ1v) is 13.6. The molecule has 4 aromatic rings. The molecule has 3 N–H and O–H groups in total. The van der Waals surface area contributed by atoms with Crippen LogP contribution in [0.5, 0.6) is 0 Å². The van der Waals surface area contributed by atoms with E-state index >= 15 is 0 Å². The van der Waals surface area contributed by atoms with Crippen molar-refractivity contribution in [3.63, 3.8) is 0 Å². The summed E-state index contributed by atoms with van der Waals surface area (Å²) in [5, 5.41) is 11.9. The van der Waals surface area contributed by atoms with E-state index in [4.69, 9.17) is 10.4 Å². The summed E-state index contributed by atoms with van der Waals surface area (Å²) in [5.74, 6) is -0.118. The molecule has 8 nitrogen and oxygen atoms in total. The van der Waals surface area contributed by atoms with Gasteiger partial charge >= 0.3 is 0 Å². The summed E-state index contributed by atoms with van der Waals surface area (Å²) < 4.78 is 0. The third-order valence-electron chi connectivity index (χ3n) is 7.55. The fourth-order valence-electron chi connectivity index (χ4n) is 5.21. The molecule has 1 aliphatic rings. The molecule has 3 heterocycles. The molecule has 0 unspecified atom stereocenters. The first-order chi connectivity index (χ1) is 19.3. The van der Waals surface area contributed by atoms with Gasteiger partial charge in [-0.25, -0.2) is 4.98 Å². The number of rotatable bonds is 8. The van der Waals surface area contributed by atoms with Gasteiger partial charge in [0.2, 0.25) is 0 Å². The van der Waals surface area contributed by atoms with Gasteiger partial charge in [-0.3, -0.25) is 4.79 Å². The number of amides is 1. The second-order valence-electron chi connectivity index (χ2n) is 10.5. The first-order valence-electron chi connectivity index (χ1n) is 13.6. The summed E-state index contributed by atoms with van der Waals surface area (Å²) in [5.41, 5.74) is 8.63. The molecule has 0 spiro atoms. The lowest BCUT2D eigenvalue weighted by molar-refractivity contribution is 0.0815. The number of fused-ring (bicyclic) bond motifs is 1. The average Bonchev–Trinajstić information content (AvgIpc) is 3.39. The lowest BCUT2D eigenvalue weighted by atomic mass is 9.99. The molecule has 8 heteroatoms. The second kappa shape index (κ2) is 11.8. The third kappa shape index (κ3) is 5.77. The van der Waals surface area contributed by atoms with Gasteiger partial charge in [0.25, 0.3) is 5.91 Å². The fourth-order valence-corrected chi connectivity index (χ4v) is 5.21. The quantitative estimate of drug-likeness (QED) is 0.283. The molecule has 1 aliphatic heterocycles. The molecule has 2 aromatic carbocycles. The number of piperazine rings is 1. The Kier molecular flexibility index (Phi) is 7.98. The van der Waals surface area contributed by atoms with Crippen LogP contribution >= 0.6 is 0 Å². The number of carbonyl (C=O) groups excluding carboxylic acids is 1. The van der Waals surface area contributed by atoms with Crippen LogP contribution in [-0.2, 0) is 0 Å². The monoisotopic (exact) mass is 535 g/mol. The van der Waals surface area contributed by atoms with E-state index in [1.807, 2.05) is 36.7 Å². The Labute approximate surface area is 235 Å². The third-order valence-corrected chi connectivity index (χ3v) is 7.55. The number of pyridine rings is 1. The van der Waals surface area contributed by atoms with Crippen LogP contribution < -0.4 is 10.2 Å². The summed E-state index contributed by atoms with van der Waals surface area (Å²) in [6, 6.07) is 16.5. The van der Waals surface area contributed by atoms with Crippen LogP contribution in [0.3, 0.4) is 0 Å². The maximum Gasteiger partial charge on any atom is 0.253 e. The number of hydrogen-bond acceptors (Lipinski definition) is 6. The number of carbonyl (C=O) groups is 1. The predicted molar refractivity (Wildman–Crippen MR) is 164 cm³/mol. The van der Waals surface area contributed by atoms with Crippen molar-refractivity contribution in [2.24, 2.45) is 0 Å². The molecule has 1 saturated heterocycles. The van der Waals surface area contributed by atoms with Gasteiger partial charge in [-0.05, 0) is 73.3 Å². The number of nitrogens with zero attached hydrogens (tertiary/aromatic N) is 4. The Morgan fingerprint density at radius 1 is 1.07 bits per heavy atom. The van der Waals surface area contributed by atoms with Crippen LogP contribution in [0.15, 0.2) is 73.2 Å². The van der Waals surface area contributed by atoms with Crippen molar-refractivity contribution in [2.75, 3.05) is 58.8 Å². The summed E-state index contributed by atoms with van der Waals surface area (Å²) in [4.78, 5) is 27.3. The molecule has 2 aromatic heterocycles. The highest BCUT2D eigenvalue weighted by molar-refractivity contribution is 6.01. The normalized spacial score (nSPS) is 14.2. The molecule has 1 fully saturated rings. The van der Waals surface area contributed by atoms with Gasteiger partial charge < -0.3 is 30.4 Å². The Morgan fingerprint density at radius 2 is 1.80 bits per heavy atom. The van der Waals surface area contributed by atoms with Gasteiger partial charge in [0.15, 0.2) is 0 Å². The van der Waals surface area contributed by atoms with Crippen molar-refractivity contribution < 1.29 is 4.79 Å². The zero-order chi connectivity index (χ0) is 28.2. The van der Waals surface area contributed by atoms with E-state index in [0.29, 0.717) is 11.3 Å². The highest BCUT2D eigenvalue weighted by atomic mass is 16.2. The van der Waals surface area contributed by atoms with Gasteiger partial charge in [-0.15, -0.1) is 0 Å². The fraction of sp³-hybridized carbons (Fsp3) is 0.281. The number of hydrogen-bond donors (Lipinski definition) is 3. The summed E-state index contributed by atoms with van der Waals surface area (Å²) in [6.07, 6.45) is 7.23. The van der Waals surface area contributed by atoms with E-state index in [1.165, 1.54) is 11.3 Å². The standard InChI is InChI=1S/C32H37N7O/c1-22-17-25(9-10-30(22)39-15-13-37(3)14-16-39)26-18-28-29(20-36-31(28)35-19-26)23-5-7-24(8-6-23)32(40)38(4)21-27(33)11-12-34-2/h5-12,17-20,33-34H,13-16,21H2,1-4H3,(H,35,36)/b12-11-,33-27?. The van der Waals surface area contributed by atoms with Gasteiger partial charge in [0, 0.05) is 80.4 Å². The van der Waals surface area contributed by atoms with Crippen molar-refractivity contribution in [3.05, 3.63) is 84.3 Å². The lowest BCUT2D eigenvalue weighted by Gasteiger charge is -2.35. The van der Waals surface area contributed by atoms with Crippen LogP contribution in [0.25, 0.3) is 33.3 Å². The average molecular weight is 536 g/mol. The summed E-state index contributed by atoms with van der Waals surface area (Å²) in [6.45, 7) is 6.70. The van der Waals surface area contributed by atoms with Gasteiger partial charge in [-0.1, -0.05) is 18.2 Å². The molecule has 40 heavy (non-hydrogen) atoms. The number of H-pyrrole nitrogens is 1. The molecule has 206 valence electrons. The summed E-state index contributed by atoms with van der Waals surface area (Å²) >= 11 is 0. The van der Waals surface area contributed by atoms with E-state index in [2.05, 4.69) is 58.3 Å². The van der Waals surface area contributed by atoms with E-state index < -0.39 is 0 Å². The minimum atomic E-state index is -0.118. The van der Waals surface area contributed by atoms with E-state index in [1.54, 1.807) is 31.3 Å². The first kappa shape index (κ1) is 27.1. The largest absolute Gasteiger partial charge is 0.394 e. The maximum atomic E-state index is 12.9. The Morgan fingerprint density at radius 3 is 2.50 bits per heavy atom. The molecular formula is C32H37N7O. The molecular weight excluding hydrogens is 498 g/mol. The van der Waals surface area contributed by atoms with Crippen LogP contribution in [0.1, 0.15) is 15.9 Å². The molecule has 0 bridgehead atoms. The van der Waals surface area contributed by atoms with Crippen LogP contribution in [0.2, 0.25) is 0 Å². The molecule has 1 amide bonds. The minimum absolute atomic E-state index is 0.118. The van der Waals surface area contributed by atoms with Gasteiger partial charge in [-0.2, -0.15) is 0 Å². The lowest BCUT2D eigenvalue weighted by Crippen LogP contribution is -2.44. The number of likely N-dealkylation sites (N-methyl/N-ethyl adjacent to an activating group) is 1. The molecule has 0 atom stereocenters. The van der Waals surface area contributed by atoms with Crippen molar-refractivity contribution >= 4 is 28.3 Å². The van der Waals surface area contributed by atoms with Crippen molar-refractivity contribution in [3.8, 4) is 22.3 Å². The van der Waals surface area contributed by atoms with E-state index in [0.717, 1.165) is 59.5 Å². The number of benzene rings is 2. The number of aromatic nitrogens is 2. The topological polar surface area (TPSA) is 91.3 Å². The molecule has 0 saturated carbocycles. The Bertz CT molecular complexity index is 1550. The number of nitrogens with one attached hydrogen (secondary N) is 3. The maximum absolute atomic E-state index is 12.9. The highest BCUT2D eigenvalue weighted by Gasteiger charge is 2.17. The van der Waals surface area contributed by atoms with Crippen molar-refractivity contribution in [2.45, 2.75) is 6.92 Å². The predicted octanol–water partition coefficient (Wildman–Crippen LogP) is 4.78. The SMILES string of the molecule is CN/C=C\C(=N)CN(C)C(=O)c1ccc(-c2c[nH]c3ncc(-c4ccc(N5CCN(C)CC5)c(C)c4)cc23)cc1. The van der Waals surface area contributed by atoms with Crippen LogP contribution in [0.4, 0.5) is 5.69 Å².